The van der Waals surface area contributed by atoms with Crippen molar-refractivity contribution in [2.75, 3.05) is 43.1 Å². The van der Waals surface area contributed by atoms with Crippen LogP contribution in [0.5, 0.6) is 0 Å². The molecule has 6 heteroatoms. The highest BCUT2D eigenvalue weighted by Crippen LogP contribution is 2.21. The standard InChI is InChI=1S/C17H23N5O/c1-3-6-18-16-13(2)11-20-17(21-16)14-4-5-15(19-12-14)22-7-9-23-10-8-22/h4-5,11-12H,3,6-10H2,1-2H3,(H,18,20,21). The van der Waals surface area contributed by atoms with E-state index in [9.17, 15) is 0 Å². The summed E-state index contributed by atoms with van der Waals surface area (Å²) in [6.45, 7) is 8.36. The van der Waals surface area contributed by atoms with Gasteiger partial charge in [0, 0.05) is 43.2 Å². The first-order valence-electron chi connectivity index (χ1n) is 8.14. The second-order valence-corrected chi connectivity index (χ2v) is 5.66. The average molecular weight is 313 g/mol. The number of hydrogen-bond acceptors (Lipinski definition) is 6. The molecule has 0 saturated carbocycles. The van der Waals surface area contributed by atoms with Crippen LogP contribution >= 0.6 is 0 Å². The van der Waals surface area contributed by atoms with Gasteiger partial charge in [-0.25, -0.2) is 15.0 Å². The fourth-order valence-electron chi connectivity index (χ4n) is 2.50. The number of anilines is 2. The summed E-state index contributed by atoms with van der Waals surface area (Å²) in [5.74, 6) is 2.58. The van der Waals surface area contributed by atoms with Gasteiger partial charge in [0.25, 0.3) is 0 Å². The van der Waals surface area contributed by atoms with Crippen LogP contribution in [-0.4, -0.2) is 47.8 Å². The Labute approximate surface area is 136 Å². The molecule has 0 spiro atoms. The highest BCUT2D eigenvalue weighted by atomic mass is 16.5. The summed E-state index contributed by atoms with van der Waals surface area (Å²) in [5.41, 5.74) is 1.99. The Morgan fingerprint density at radius 3 is 2.70 bits per heavy atom. The molecule has 0 bridgehead atoms. The van der Waals surface area contributed by atoms with Gasteiger partial charge in [-0.3, -0.25) is 0 Å². The second-order valence-electron chi connectivity index (χ2n) is 5.66. The monoisotopic (exact) mass is 313 g/mol. The van der Waals surface area contributed by atoms with Crippen LogP contribution in [-0.2, 0) is 4.74 Å². The van der Waals surface area contributed by atoms with E-state index in [2.05, 4.69) is 32.1 Å². The third-order valence-corrected chi connectivity index (χ3v) is 3.86. The molecule has 0 radical (unpaired) electrons. The van der Waals surface area contributed by atoms with Crippen molar-refractivity contribution < 1.29 is 4.74 Å². The molecule has 3 heterocycles. The SMILES string of the molecule is CCCNc1nc(-c2ccc(N3CCOCC3)nc2)ncc1C. The van der Waals surface area contributed by atoms with Gasteiger partial charge in [0.15, 0.2) is 5.82 Å². The minimum absolute atomic E-state index is 0.704. The topological polar surface area (TPSA) is 63.2 Å². The van der Waals surface area contributed by atoms with Crippen molar-refractivity contribution in [2.45, 2.75) is 20.3 Å². The number of aromatic nitrogens is 3. The van der Waals surface area contributed by atoms with Gasteiger partial charge in [-0.1, -0.05) is 6.92 Å². The Kier molecular flexibility index (Phi) is 5.02. The molecular weight excluding hydrogens is 290 g/mol. The van der Waals surface area contributed by atoms with E-state index >= 15 is 0 Å². The van der Waals surface area contributed by atoms with Crippen molar-refractivity contribution in [2.24, 2.45) is 0 Å². The van der Waals surface area contributed by atoms with Crippen molar-refractivity contribution >= 4 is 11.6 Å². The number of ether oxygens (including phenoxy) is 1. The van der Waals surface area contributed by atoms with Crippen LogP contribution in [0.25, 0.3) is 11.4 Å². The van der Waals surface area contributed by atoms with E-state index < -0.39 is 0 Å². The second kappa shape index (κ2) is 7.37. The molecule has 0 aromatic carbocycles. The number of hydrogen-bond donors (Lipinski definition) is 1. The smallest absolute Gasteiger partial charge is 0.163 e. The molecule has 6 nitrogen and oxygen atoms in total. The van der Waals surface area contributed by atoms with Gasteiger partial charge in [-0.05, 0) is 25.5 Å². The molecule has 23 heavy (non-hydrogen) atoms. The Hall–Kier alpha value is -2.21. The van der Waals surface area contributed by atoms with Gasteiger partial charge in [-0.15, -0.1) is 0 Å². The molecule has 3 rings (SSSR count). The van der Waals surface area contributed by atoms with Gasteiger partial charge in [0.05, 0.1) is 13.2 Å². The number of pyridine rings is 1. The van der Waals surface area contributed by atoms with E-state index in [0.29, 0.717) is 5.82 Å². The lowest BCUT2D eigenvalue weighted by molar-refractivity contribution is 0.122. The van der Waals surface area contributed by atoms with Crippen LogP contribution in [0.2, 0.25) is 0 Å². The molecule has 122 valence electrons. The molecule has 1 aliphatic rings. The summed E-state index contributed by atoms with van der Waals surface area (Å²) in [7, 11) is 0. The summed E-state index contributed by atoms with van der Waals surface area (Å²) < 4.78 is 5.37. The van der Waals surface area contributed by atoms with E-state index in [-0.39, 0.29) is 0 Å². The Morgan fingerprint density at radius 2 is 2.00 bits per heavy atom. The lowest BCUT2D eigenvalue weighted by atomic mass is 10.2. The minimum atomic E-state index is 0.704. The van der Waals surface area contributed by atoms with Crippen molar-refractivity contribution in [1.29, 1.82) is 0 Å². The highest BCUT2D eigenvalue weighted by molar-refractivity contribution is 5.59. The lowest BCUT2D eigenvalue weighted by Gasteiger charge is -2.27. The number of nitrogens with zero attached hydrogens (tertiary/aromatic N) is 4. The lowest BCUT2D eigenvalue weighted by Crippen LogP contribution is -2.36. The maximum absolute atomic E-state index is 5.37. The van der Waals surface area contributed by atoms with Crippen LogP contribution in [0.1, 0.15) is 18.9 Å². The Morgan fingerprint density at radius 1 is 1.17 bits per heavy atom. The molecule has 1 saturated heterocycles. The molecule has 0 aliphatic carbocycles. The first kappa shape index (κ1) is 15.7. The first-order valence-corrected chi connectivity index (χ1v) is 8.14. The quantitative estimate of drug-likeness (QED) is 0.915. The van der Waals surface area contributed by atoms with Gasteiger partial charge in [0.2, 0.25) is 0 Å². The Bertz CT molecular complexity index is 638. The normalized spacial score (nSPS) is 14.8. The Balaban J connectivity index is 1.78. The molecule has 0 amide bonds. The van der Waals surface area contributed by atoms with Crippen LogP contribution in [0.15, 0.2) is 24.5 Å². The molecule has 1 aliphatic heterocycles. The predicted molar refractivity (Wildman–Crippen MR) is 91.8 cm³/mol. The summed E-state index contributed by atoms with van der Waals surface area (Å²) >= 11 is 0. The summed E-state index contributed by atoms with van der Waals surface area (Å²) in [4.78, 5) is 15.9. The summed E-state index contributed by atoms with van der Waals surface area (Å²) in [5, 5.41) is 3.34. The van der Waals surface area contributed by atoms with Crippen LogP contribution < -0.4 is 10.2 Å². The number of nitrogens with one attached hydrogen (secondary N) is 1. The first-order chi connectivity index (χ1) is 11.3. The zero-order chi connectivity index (χ0) is 16.1. The van der Waals surface area contributed by atoms with E-state index in [1.54, 1.807) is 0 Å². The van der Waals surface area contributed by atoms with E-state index in [0.717, 1.165) is 62.0 Å². The molecule has 1 N–H and O–H groups in total. The fraction of sp³-hybridized carbons (Fsp3) is 0.471. The molecule has 0 unspecified atom stereocenters. The fourth-order valence-corrected chi connectivity index (χ4v) is 2.50. The van der Waals surface area contributed by atoms with E-state index in [1.807, 2.05) is 31.5 Å². The number of aryl methyl sites for hydroxylation is 1. The predicted octanol–water partition coefficient (Wildman–Crippen LogP) is 2.51. The minimum Gasteiger partial charge on any atom is -0.378 e. The van der Waals surface area contributed by atoms with Crippen molar-refractivity contribution in [1.82, 2.24) is 15.0 Å². The summed E-state index contributed by atoms with van der Waals surface area (Å²) in [6.07, 6.45) is 4.77. The molecule has 0 atom stereocenters. The largest absolute Gasteiger partial charge is 0.378 e. The number of rotatable bonds is 5. The third-order valence-electron chi connectivity index (χ3n) is 3.86. The van der Waals surface area contributed by atoms with Gasteiger partial charge >= 0.3 is 0 Å². The molecule has 2 aromatic heterocycles. The maximum Gasteiger partial charge on any atom is 0.163 e. The zero-order valence-electron chi connectivity index (χ0n) is 13.7. The van der Waals surface area contributed by atoms with Gasteiger partial charge in [-0.2, -0.15) is 0 Å². The molecular formula is C17H23N5O. The average Bonchev–Trinajstić information content (AvgIpc) is 2.62. The summed E-state index contributed by atoms with van der Waals surface area (Å²) in [6, 6.07) is 4.06. The van der Waals surface area contributed by atoms with Gasteiger partial charge in [0.1, 0.15) is 11.6 Å². The van der Waals surface area contributed by atoms with E-state index in [4.69, 9.17) is 4.74 Å². The van der Waals surface area contributed by atoms with E-state index in [1.165, 1.54) is 0 Å². The molecule has 2 aromatic rings. The molecule has 1 fully saturated rings. The van der Waals surface area contributed by atoms with Crippen LogP contribution in [0, 0.1) is 6.92 Å². The number of morpholine rings is 1. The highest BCUT2D eigenvalue weighted by Gasteiger charge is 2.13. The third kappa shape index (κ3) is 3.76. The van der Waals surface area contributed by atoms with Gasteiger partial charge < -0.3 is 15.0 Å². The van der Waals surface area contributed by atoms with Crippen LogP contribution in [0.4, 0.5) is 11.6 Å². The maximum atomic E-state index is 5.37. The van der Waals surface area contributed by atoms with Crippen molar-refractivity contribution in [3.63, 3.8) is 0 Å². The van der Waals surface area contributed by atoms with Crippen molar-refractivity contribution in [3.8, 4) is 11.4 Å². The van der Waals surface area contributed by atoms with Crippen LogP contribution in [0.3, 0.4) is 0 Å². The van der Waals surface area contributed by atoms with Crippen molar-refractivity contribution in [3.05, 3.63) is 30.1 Å². The zero-order valence-corrected chi connectivity index (χ0v) is 13.7.